The van der Waals surface area contributed by atoms with Crippen LogP contribution in [-0.2, 0) is 4.74 Å². The fourth-order valence-electron chi connectivity index (χ4n) is 3.30. The molecule has 2 heteroatoms. The Morgan fingerprint density at radius 2 is 1.56 bits per heavy atom. The summed E-state index contributed by atoms with van der Waals surface area (Å²) in [7, 11) is 1.88. The Bertz CT molecular complexity index is 209. The molecule has 2 atom stereocenters. The minimum atomic E-state index is 0.527. The largest absolute Gasteiger partial charge is 0.381 e. The topological polar surface area (TPSA) is 9.23 Å². The van der Waals surface area contributed by atoms with E-state index in [1.165, 1.54) is 76.4 Å². The van der Waals surface area contributed by atoms with E-state index in [-0.39, 0.29) is 0 Å². The minimum absolute atomic E-state index is 0.527. The Morgan fingerprint density at radius 3 is 2.17 bits per heavy atom. The summed E-state index contributed by atoms with van der Waals surface area (Å²) in [5.41, 5.74) is 0. The first kappa shape index (κ1) is 14.7. The third kappa shape index (κ3) is 4.77. The molecular formula is C16H29OS. The standard InChI is InChI=1S/C16H29OS/c1-17-15-11-12-18-16(13-15)14-9-7-5-3-2-4-6-8-10-14/h15-16H,2-13H2,1H3. The van der Waals surface area contributed by atoms with Gasteiger partial charge in [-0.1, -0.05) is 44.9 Å². The lowest BCUT2D eigenvalue weighted by Gasteiger charge is -2.33. The predicted molar refractivity (Wildman–Crippen MR) is 81.1 cm³/mol. The van der Waals surface area contributed by atoms with Crippen molar-refractivity contribution < 1.29 is 4.74 Å². The van der Waals surface area contributed by atoms with Gasteiger partial charge in [0.1, 0.15) is 0 Å². The van der Waals surface area contributed by atoms with Crippen molar-refractivity contribution in [3.63, 3.8) is 0 Å². The molecule has 105 valence electrons. The van der Waals surface area contributed by atoms with Crippen molar-refractivity contribution in [2.45, 2.75) is 82.0 Å². The average molecular weight is 269 g/mol. The number of rotatable bonds is 2. The molecule has 0 spiro atoms. The van der Waals surface area contributed by atoms with E-state index in [9.17, 15) is 0 Å². The first-order chi connectivity index (χ1) is 8.90. The molecule has 0 aromatic heterocycles. The van der Waals surface area contributed by atoms with E-state index in [1.54, 1.807) is 0 Å². The molecule has 1 aliphatic carbocycles. The van der Waals surface area contributed by atoms with E-state index in [1.807, 2.05) is 13.0 Å². The molecule has 0 bridgehead atoms. The highest BCUT2D eigenvalue weighted by atomic mass is 32.2. The molecule has 0 amide bonds. The van der Waals surface area contributed by atoms with Gasteiger partial charge in [0.15, 0.2) is 0 Å². The van der Waals surface area contributed by atoms with Crippen molar-refractivity contribution in [1.29, 1.82) is 0 Å². The molecule has 0 aromatic rings. The van der Waals surface area contributed by atoms with Crippen molar-refractivity contribution in [2.24, 2.45) is 0 Å². The number of methoxy groups -OCH3 is 1. The Kier molecular flexibility index (Phi) is 6.93. The normalized spacial score (nSPS) is 33.2. The van der Waals surface area contributed by atoms with Crippen LogP contribution in [-0.4, -0.2) is 24.2 Å². The lowest BCUT2D eigenvalue weighted by molar-refractivity contribution is 0.0899. The molecule has 18 heavy (non-hydrogen) atoms. The summed E-state index contributed by atoms with van der Waals surface area (Å²) < 4.78 is 5.59. The van der Waals surface area contributed by atoms with Gasteiger partial charge in [0, 0.05) is 12.4 Å². The maximum Gasteiger partial charge on any atom is 0.0590 e. The number of hydrogen-bond donors (Lipinski definition) is 0. The zero-order valence-corrected chi connectivity index (χ0v) is 12.8. The first-order valence-corrected chi connectivity index (χ1v) is 8.94. The van der Waals surface area contributed by atoms with Crippen LogP contribution in [0.25, 0.3) is 0 Å². The SMILES string of the molecule is COC1CCSC([C]2CCCCCCCCC2)C1. The van der Waals surface area contributed by atoms with E-state index in [4.69, 9.17) is 4.74 Å². The van der Waals surface area contributed by atoms with Crippen molar-refractivity contribution in [2.75, 3.05) is 12.9 Å². The summed E-state index contributed by atoms with van der Waals surface area (Å²) in [4.78, 5) is 0. The van der Waals surface area contributed by atoms with Gasteiger partial charge in [-0.05, 0) is 37.4 Å². The maximum atomic E-state index is 5.59. The molecule has 1 heterocycles. The van der Waals surface area contributed by atoms with Crippen molar-refractivity contribution in [1.82, 2.24) is 0 Å². The van der Waals surface area contributed by atoms with Gasteiger partial charge in [0.2, 0.25) is 0 Å². The van der Waals surface area contributed by atoms with Gasteiger partial charge in [-0.2, -0.15) is 11.8 Å². The summed E-state index contributed by atoms with van der Waals surface area (Å²) >= 11 is 2.20. The van der Waals surface area contributed by atoms with E-state index in [2.05, 4.69) is 11.8 Å². The quantitative estimate of drug-likeness (QED) is 0.698. The third-order valence-electron chi connectivity index (χ3n) is 4.52. The van der Waals surface area contributed by atoms with Gasteiger partial charge in [0.05, 0.1) is 6.10 Å². The maximum absolute atomic E-state index is 5.59. The molecular weight excluding hydrogens is 240 g/mol. The highest BCUT2D eigenvalue weighted by Crippen LogP contribution is 2.38. The molecule has 1 saturated heterocycles. The molecule has 2 fully saturated rings. The van der Waals surface area contributed by atoms with Crippen molar-refractivity contribution in [3.8, 4) is 0 Å². The molecule has 2 aliphatic rings. The monoisotopic (exact) mass is 269 g/mol. The zero-order valence-electron chi connectivity index (χ0n) is 12.0. The summed E-state index contributed by atoms with van der Waals surface area (Å²) in [5, 5.41) is 0.808. The van der Waals surface area contributed by atoms with E-state index in [0.717, 1.165) is 5.25 Å². The second-order valence-electron chi connectivity index (χ2n) is 5.87. The highest BCUT2D eigenvalue weighted by Gasteiger charge is 2.28. The molecule has 1 radical (unpaired) electrons. The predicted octanol–water partition coefficient (Wildman–Crippen LogP) is 5.00. The number of thioether (sulfide) groups is 1. The van der Waals surface area contributed by atoms with E-state index in [0.29, 0.717) is 6.10 Å². The van der Waals surface area contributed by atoms with Gasteiger partial charge in [-0.15, -0.1) is 0 Å². The number of ether oxygens (including phenoxy) is 1. The lowest BCUT2D eigenvalue weighted by atomic mass is 9.87. The minimum Gasteiger partial charge on any atom is -0.381 e. The molecule has 0 aromatic carbocycles. The van der Waals surface area contributed by atoms with Gasteiger partial charge in [-0.3, -0.25) is 0 Å². The van der Waals surface area contributed by atoms with Crippen LogP contribution in [0, 0.1) is 5.92 Å². The zero-order chi connectivity index (χ0) is 12.6. The van der Waals surface area contributed by atoms with Gasteiger partial charge in [-0.25, -0.2) is 0 Å². The van der Waals surface area contributed by atoms with Gasteiger partial charge in [0.25, 0.3) is 0 Å². The summed E-state index contributed by atoms with van der Waals surface area (Å²) in [6.07, 6.45) is 16.0. The second-order valence-corrected chi connectivity index (χ2v) is 7.19. The Morgan fingerprint density at radius 1 is 0.944 bits per heavy atom. The van der Waals surface area contributed by atoms with Crippen LogP contribution in [0.15, 0.2) is 0 Å². The van der Waals surface area contributed by atoms with Crippen LogP contribution in [0.2, 0.25) is 0 Å². The summed E-state index contributed by atoms with van der Waals surface area (Å²) in [5.74, 6) is 3.16. The molecule has 1 aliphatic heterocycles. The first-order valence-electron chi connectivity index (χ1n) is 7.89. The molecule has 2 unspecified atom stereocenters. The fraction of sp³-hybridized carbons (Fsp3) is 0.938. The van der Waals surface area contributed by atoms with Gasteiger partial charge < -0.3 is 4.74 Å². The summed E-state index contributed by atoms with van der Waals surface area (Å²) in [6.45, 7) is 0. The van der Waals surface area contributed by atoms with Crippen LogP contribution >= 0.6 is 11.8 Å². The second kappa shape index (κ2) is 8.47. The van der Waals surface area contributed by atoms with Crippen molar-refractivity contribution >= 4 is 11.8 Å². The lowest BCUT2D eigenvalue weighted by Crippen LogP contribution is -2.29. The summed E-state index contributed by atoms with van der Waals surface area (Å²) in [6, 6.07) is 0. The average Bonchev–Trinajstić information content (AvgIpc) is 2.44. The Labute approximate surface area is 117 Å². The van der Waals surface area contributed by atoms with Crippen molar-refractivity contribution in [3.05, 3.63) is 5.92 Å². The Hall–Kier alpha value is 0.310. The molecule has 1 nitrogen and oxygen atoms in total. The van der Waals surface area contributed by atoms with Crippen LogP contribution in [0.4, 0.5) is 0 Å². The highest BCUT2D eigenvalue weighted by molar-refractivity contribution is 8.00. The molecule has 0 N–H and O–H groups in total. The third-order valence-corrected chi connectivity index (χ3v) is 5.92. The van der Waals surface area contributed by atoms with Crippen LogP contribution in [0.5, 0.6) is 0 Å². The number of hydrogen-bond acceptors (Lipinski definition) is 2. The smallest absolute Gasteiger partial charge is 0.0590 e. The fourth-order valence-corrected chi connectivity index (χ4v) is 4.81. The van der Waals surface area contributed by atoms with E-state index < -0.39 is 0 Å². The van der Waals surface area contributed by atoms with Crippen LogP contribution < -0.4 is 0 Å². The molecule has 1 saturated carbocycles. The molecule has 2 rings (SSSR count). The van der Waals surface area contributed by atoms with Gasteiger partial charge >= 0.3 is 0 Å². The van der Waals surface area contributed by atoms with Crippen LogP contribution in [0.1, 0.15) is 70.6 Å². The van der Waals surface area contributed by atoms with Crippen LogP contribution in [0.3, 0.4) is 0 Å². The van der Waals surface area contributed by atoms with E-state index >= 15 is 0 Å². The Balaban J connectivity index is 1.82.